The van der Waals surface area contributed by atoms with E-state index in [0.717, 1.165) is 11.3 Å². The molecule has 0 saturated carbocycles. The van der Waals surface area contributed by atoms with Crippen LogP contribution in [0.25, 0.3) is 0 Å². The van der Waals surface area contributed by atoms with Crippen molar-refractivity contribution in [1.82, 2.24) is 0 Å². The van der Waals surface area contributed by atoms with Crippen LogP contribution in [0, 0.1) is 12.7 Å². The molecule has 0 bridgehead atoms. The fraction of sp³-hybridized carbons (Fsp3) is 0.200. The lowest BCUT2D eigenvalue weighted by Gasteiger charge is -2.22. The average molecular weight is 245 g/mol. The third-order valence-corrected chi connectivity index (χ3v) is 3.03. The molecule has 0 saturated heterocycles. The number of rotatable bonds is 3. The number of benzene rings is 2. The van der Waals surface area contributed by atoms with E-state index in [-0.39, 0.29) is 12.4 Å². The molecule has 3 heteroatoms. The van der Waals surface area contributed by atoms with E-state index in [1.165, 1.54) is 6.07 Å². The lowest BCUT2D eigenvalue weighted by atomic mass is 10.1. The smallest absolute Gasteiger partial charge is 0.147 e. The Balaban J connectivity index is 2.40. The Bertz CT molecular complexity index is 554. The van der Waals surface area contributed by atoms with Gasteiger partial charge in [0.25, 0.3) is 0 Å². The molecule has 0 atom stereocenters. The average Bonchev–Trinajstić information content (AvgIpc) is 2.38. The number of nitrogens with zero attached hydrogens (tertiary/aromatic N) is 1. The molecule has 0 heterocycles. The van der Waals surface area contributed by atoms with E-state index in [4.69, 9.17) is 5.11 Å². The summed E-state index contributed by atoms with van der Waals surface area (Å²) < 4.78 is 14.0. The quantitative estimate of drug-likeness (QED) is 0.896. The van der Waals surface area contributed by atoms with Gasteiger partial charge in [0.15, 0.2) is 0 Å². The second kappa shape index (κ2) is 5.19. The van der Waals surface area contributed by atoms with Crippen molar-refractivity contribution in [2.24, 2.45) is 0 Å². The normalized spacial score (nSPS) is 10.4. The maximum atomic E-state index is 14.0. The lowest BCUT2D eigenvalue weighted by Crippen LogP contribution is -2.12. The van der Waals surface area contributed by atoms with Gasteiger partial charge in [-0.1, -0.05) is 24.3 Å². The fourth-order valence-electron chi connectivity index (χ4n) is 1.99. The molecule has 0 fully saturated rings. The lowest BCUT2D eigenvalue weighted by molar-refractivity contribution is 0.281. The molecular formula is C15H16FNO. The molecule has 1 N–H and O–H groups in total. The molecule has 0 aliphatic carbocycles. The topological polar surface area (TPSA) is 23.5 Å². The molecule has 94 valence electrons. The monoisotopic (exact) mass is 245 g/mol. The molecule has 0 aliphatic heterocycles. The van der Waals surface area contributed by atoms with Crippen LogP contribution in [0.1, 0.15) is 11.1 Å². The Labute approximate surface area is 106 Å². The zero-order valence-electron chi connectivity index (χ0n) is 10.5. The largest absolute Gasteiger partial charge is 0.392 e. The molecule has 0 amide bonds. The Hall–Kier alpha value is -1.87. The highest BCUT2D eigenvalue weighted by molar-refractivity contribution is 5.66. The van der Waals surface area contributed by atoms with Crippen LogP contribution in [0.2, 0.25) is 0 Å². The van der Waals surface area contributed by atoms with Crippen LogP contribution in [0.15, 0.2) is 42.5 Å². The predicted molar refractivity (Wildman–Crippen MR) is 71.6 cm³/mol. The number of aryl methyl sites for hydroxylation is 1. The SMILES string of the molecule is Cc1ccccc1N(C)c1ccc(CO)cc1F. The van der Waals surface area contributed by atoms with Gasteiger partial charge in [-0.25, -0.2) is 4.39 Å². The summed E-state index contributed by atoms with van der Waals surface area (Å²) in [6.07, 6.45) is 0. The predicted octanol–water partition coefficient (Wildman–Crippen LogP) is 3.39. The Morgan fingerprint density at radius 2 is 1.83 bits per heavy atom. The molecular weight excluding hydrogens is 229 g/mol. The van der Waals surface area contributed by atoms with Crippen LogP contribution in [0.4, 0.5) is 15.8 Å². The summed E-state index contributed by atoms with van der Waals surface area (Å²) in [5, 5.41) is 8.97. The number of aliphatic hydroxyl groups excluding tert-OH is 1. The third-order valence-electron chi connectivity index (χ3n) is 3.03. The number of hydrogen-bond acceptors (Lipinski definition) is 2. The maximum absolute atomic E-state index is 14.0. The van der Waals surface area contributed by atoms with Crippen molar-refractivity contribution in [3.63, 3.8) is 0 Å². The van der Waals surface area contributed by atoms with Crippen molar-refractivity contribution in [3.05, 3.63) is 59.4 Å². The summed E-state index contributed by atoms with van der Waals surface area (Å²) in [6, 6.07) is 12.6. The van der Waals surface area contributed by atoms with Gasteiger partial charge in [-0.15, -0.1) is 0 Å². The first-order chi connectivity index (χ1) is 8.63. The number of halogens is 1. The van der Waals surface area contributed by atoms with Crippen LogP contribution in [-0.2, 0) is 6.61 Å². The summed E-state index contributed by atoms with van der Waals surface area (Å²) in [5.41, 5.74) is 3.13. The van der Waals surface area contributed by atoms with Gasteiger partial charge >= 0.3 is 0 Å². The van der Waals surface area contributed by atoms with Gasteiger partial charge in [-0.3, -0.25) is 0 Å². The van der Waals surface area contributed by atoms with E-state index < -0.39 is 0 Å². The molecule has 0 aliphatic rings. The van der Waals surface area contributed by atoms with Gasteiger partial charge in [0.2, 0.25) is 0 Å². The van der Waals surface area contributed by atoms with Crippen molar-refractivity contribution in [1.29, 1.82) is 0 Å². The Morgan fingerprint density at radius 3 is 2.44 bits per heavy atom. The van der Waals surface area contributed by atoms with Crippen LogP contribution < -0.4 is 4.90 Å². The number of aliphatic hydroxyl groups is 1. The highest BCUT2D eigenvalue weighted by Crippen LogP contribution is 2.29. The first kappa shape index (κ1) is 12.6. The number of para-hydroxylation sites is 1. The number of hydrogen-bond donors (Lipinski definition) is 1. The van der Waals surface area contributed by atoms with Crippen molar-refractivity contribution in [3.8, 4) is 0 Å². The molecule has 2 aromatic carbocycles. The molecule has 18 heavy (non-hydrogen) atoms. The van der Waals surface area contributed by atoms with Gasteiger partial charge in [0, 0.05) is 12.7 Å². The minimum absolute atomic E-state index is 0.148. The minimum Gasteiger partial charge on any atom is -0.392 e. The van der Waals surface area contributed by atoms with E-state index in [1.807, 2.05) is 43.1 Å². The maximum Gasteiger partial charge on any atom is 0.147 e. The van der Waals surface area contributed by atoms with Gasteiger partial charge in [0.05, 0.1) is 12.3 Å². The molecule has 0 aromatic heterocycles. The van der Waals surface area contributed by atoms with Gasteiger partial charge in [-0.2, -0.15) is 0 Å². The van der Waals surface area contributed by atoms with Gasteiger partial charge in [-0.05, 0) is 36.2 Å². The van der Waals surface area contributed by atoms with Crippen LogP contribution >= 0.6 is 0 Å². The first-order valence-electron chi connectivity index (χ1n) is 5.82. The summed E-state index contributed by atoms with van der Waals surface area (Å²) in [5.74, 6) is -0.327. The zero-order chi connectivity index (χ0) is 13.1. The summed E-state index contributed by atoms with van der Waals surface area (Å²) in [6.45, 7) is 1.84. The highest BCUT2D eigenvalue weighted by atomic mass is 19.1. The second-order valence-corrected chi connectivity index (χ2v) is 4.29. The van der Waals surface area contributed by atoms with Crippen LogP contribution in [0.3, 0.4) is 0 Å². The summed E-state index contributed by atoms with van der Waals surface area (Å²) >= 11 is 0. The van der Waals surface area contributed by atoms with E-state index in [1.54, 1.807) is 12.1 Å². The van der Waals surface area contributed by atoms with Gasteiger partial charge < -0.3 is 10.0 Å². The van der Waals surface area contributed by atoms with E-state index >= 15 is 0 Å². The van der Waals surface area contributed by atoms with Gasteiger partial charge in [0.1, 0.15) is 5.82 Å². The standard InChI is InChI=1S/C15H16FNO/c1-11-5-3-4-6-14(11)17(2)15-8-7-12(10-18)9-13(15)16/h3-9,18H,10H2,1-2H3. The fourth-order valence-corrected chi connectivity index (χ4v) is 1.99. The van der Waals surface area contributed by atoms with Crippen molar-refractivity contribution < 1.29 is 9.50 Å². The molecule has 2 nitrogen and oxygen atoms in total. The van der Waals surface area contributed by atoms with E-state index in [0.29, 0.717) is 11.3 Å². The molecule has 0 radical (unpaired) electrons. The number of anilines is 2. The minimum atomic E-state index is -0.327. The first-order valence-corrected chi connectivity index (χ1v) is 5.82. The zero-order valence-corrected chi connectivity index (χ0v) is 10.5. The summed E-state index contributed by atoms with van der Waals surface area (Å²) in [7, 11) is 1.83. The molecule has 2 aromatic rings. The third kappa shape index (κ3) is 2.36. The Morgan fingerprint density at radius 1 is 1.11 bits per heavy atom. The Kier molecular flexibility index (Phi) is 3.63. The van der Waals surface area contributed by atoms with Crippen LogP contribution in [-0.4, -0.2) is 12.2 Å². The molecule has 0 spiro atoms. The van der Waals surface area contributed by atoms with Crippen molar-refractivity contribution >= 4 is 11.4 Å². The molecule has 0 unspecified atom stereocenters. The second-order valence-electron chi connectivity index (χ2n) is 4.29. The highest BCUT2D eigenvalue weighted by Gasteiger charge is 2.11. The van der Waals surface area contributed by atoms with Crippen molar-refractivity contribution in [2.75, 3.05) is 11.9 Å². The van der Waals surface area contributed by atoms with E-state index in [2.05, 4.69) is 0 Å². The summed E-state index contributed by atoms with van der Waals surface area (Å²) in [4.78, 5) is 1.81. The van der Waals surface area contributed by atoms with Crippen LogP contribution in [0.5, 0.6) is 0 Å². The van der Waals surface area contributed by atoms with Crippen molar-refractivity contribution in [2.45, 2.75) is 13.5 Å². The molecule has 2 rings (SSSR count). The van der Waals surface area contributed by atoms with E-state index in [9.17, 15) is 4.39 Å².